The molecule has 0 atom stereocenters. The van der Waals surface area contributed by atoms with Gasteiger partial charge in [0.25, 0.3) is 5.91 Å². The monoisotopic (exact) mass is 345 g/mol. The van der Waals surface area contributed by atoms with E-state index in [-0.39, 0.29) is 11.9 Å². The van der Waals surface area contributed by atoms with Crippen LogP contribution in [-0.4, -0.2) is 49.2 Å². The minimum Gasteiger partial charge on any atom is -0.324 e. The summed E-state index contributed by atoms with van der Waals surface area (Å²) in [7, 11) is 0. The molecule has 1 N–H and O–H groups in total. The van der Waals surface area contributed by atoms with Gasteiger partial charge < -0.3 is 9.88 Å². The van der Waals surface area contributed by atoms with Crippen molar-refractivity contribution in [2.45, 2.75) is 31.1 Å². The first kappa shape index (κ1) is 16.5. The number of nitrogens with zero attached hydrogens (tertiary/aromatic N) is 4. The highest BCUT2D eigenvalue weighted by Gasteiger charge is 2.43. The lowest BCUT2D eigenvalue weighted by atomic mass is 10.1. The summed E-state index contributed by atoms with van der Waals surface area (Å²) < 4.78 is 2.00. The number of hydrogen-bond acceptors (Lipinski definition) is 5. The standard InChI is InChI=1S/C16H19N5O2S/c1-16(2)13(22)21(14(23)19-16)9-10-24-15-18-7-8-20(15)11-12-5-3-4-6-17-12/h3-8H,9-11H2,1-2H3,(H,19,23). The van der Waals surface area contributed by atoms with Crippen LogP contribution >= 0.6 is 11.8 Å². The van der Waals surface area contributed by atoms with Crippen molar-refractivity contribution in [1.29, 1.82) is 0 Å². The molecule has 0 radical (unpaired) electrons. The van der Waals surface area contributed by atoms with Gasteiger partial charge in [0.15, 0.2) is 5.16 Å². The summed E-state index contributed by atoms with van der Waals surface area (Å²) in [4.78, 5) is 33.9. The van der Waals surface area contributed by atoms with Crippen LogP contribution in [0.4, 0.5) is 4.79 Å². The lowest BCUT2D eigenvalue weighted by molar-refractivity contribution is -0.130. The molecule has 8 heteroatoms. The molecule has 1 fully saturated rings. The number of imidazole rings is 1. The molecule has 126 valence electrons. The first-order chi connectivity index (χ1) is 11.5. The molecule has 2 aromatic rings. The Labute approximate surface area is 144 Å². The Balaban J connectivity index is 1.58. The maximum Gasteiger partial charge on any atom is 0.325 e. The van der Waals surface area contributed by atoms with E-state index in [9.17, 15) is 9.59 Å². The van der Waals surface area contributed by atoms with Crippen LogP contribution in [-0.2, 0) is 11.3 Å². The molecule has 3 amide bonds. The third-order valence-corrected chi connectivity index (χ3v) is 4.71. The molecule has 0 spiro atoms. The molecule has 0 aromatic carbocycles. The average Bonchev–Trinajstić information content (AvgIpc) is 3.05. The summed E-state index contributed by atoms with van der Waals surface area (Å²) in [5, 5.41) is 3.52. The zero-order valence-electron chi connectivity index (χ0n) is 13.6. The molecule has 2 aromatic heterocycles. The van der Waals surface area contributed by atoms with Gasteiger partial charge >= 0.3 is 6.03 Å². The van der Waals surface area contributed by atoms with E-state index in [2.05, 4.69) is 15.3 Å². The third kappa shape index (κ3) is 3.43. The highest BCUT2D eigenvalue weighted by molar-refractivity contribution is 7.99. The molecule has 1 aliphatic rings. The molecule has 0 aliphatic carbocycles. The van der Waals surface area contributed by atoms with E-state index < -0.39 is 5.54 Å². The molecule has 0 saturated carbocycles. The van der Waals surface area contributed by atoms with E-state index in [0.717, 1.165) is 10.9 Å². The van der Waals surface area contributed by atoms with Gasteiger partial charge in [0.2, 0.25) is 0 Å². The van der Waals surface area contributed by atoms with Crippen LogP contribution in [0.15, 0.2) is 41.9 Å². The van der Waals surface area contributed by atoms with Crippen molar-refractivity contribution in [2.24, 2.45) is 0 Å². The first-order valence-corrected chi connectivity index (χ1v) is 8.64. The number of imide groups is 1. The van der Waals surface area contributed by atoms with Gasteiger partial charge in [-0.05, 0) is 26.0 Å². The molecule has 0 bridgehead atoms. The Morgan fingerprint density at radius 2 is 2.04 bits per heavy atom. The number of thioether (sulfide) groups is 1. The van der Waals surface area contributed by atoms with E-state index in [1.54, 1.807) is 26.2 Å². The molecule has 0 unspecified atom stereocenters. The van der Waals surface area contributed by atoms with Gasteiger partial charge in [0, 0.05) is 30.9 Å². The fraction of sp³-hybridized carbons (Fsp3) is 0.375. The van der Waals surface area contributed by atoms with Gasteiger partial charge in [0.05, 0.1) is 12.2 Å². The fourth-order valence-corrected chi connectivity index (χ4v) is 3.35. The van der Waals surface area contributed by atoms with Gasteiger partial charge in [-0.3, -0.25) is 14.7 Å². The Morgan fingerprint density at radius 3 is 2.71 bits per heavy atom. The van der Waals surface area contributed by atoms with Crippen molar-refractivity contribution in [1.82, 2.24) is 24.8 Å². The van der Waals surface area contributed by atoms with E-state index >= 15 is 0 Å². The molecule has 3 rings (SSSR count). The summed E-state index contributed by atoms with van der Waals surface area (Å²) in [6.07, 6.45) is 5.40. The lowest BCUT2D eigenvalue weighted by Gasteiger charge is -2.15. The fourth-order valence-electron chi connectivity index (χ4n) is 2.47. The number of pyridine rings is 1. The second kappa shape index (κ2) is 6.64. The van der Waals surface area contributed by atoms with Crippen LogP contribution in [0.3, 0.4) is 0 Å². The Bertz CT molecular complexity index is 744. The minimum absolute atomic E-state index is 0.190. The second-order valence-electron chi connectivity index (χ2n) is 6.02. The van der Waals surface area contributed by atoms with Crippen molar-refractivity contribution in [3.05, 3.63) is 42.5 Å². The molecule has 1 aliphatic heterocycles. The maximum atomic E-state index is 12.1. The third-order valence-electron chi connectivity index (χ3n) is 3.73. The van der Waals surface area contributed by atoms with Crippen molar-refractivity contribution in [2.75, 3.05) is 12.3 Å². The van der Waals surface area contributed by atoms with Crippen molar-refractivity contribution in [3.63, 3.8) is 0 Å². The van der Waals surface area contributed by atoms with Gasteiger partial charge in [0.1, 0.15) is 5.54 Å². The van der Waals surface area contributed by atoms with Crippen molar-refractivity contribution in [3.8, 4) is 0 Å². The first-order valence-electron chi connectivity index (χ1n) is 7.65. The zero-order valence-corrected chi connectivity index (χ0v) is 14.4. The van der Waals surface area contributed by atoms with Gasteiger partial charge in [-0.2, -0.15) is 0 Å². The normalized spacial score (nSPS) is 16.5. The predicted octanol–water partition coefficient (Wildman–Crippen LogP) is 1.75. The number of aromatic nitrogens is 3. The molecular formula is C16H19N5O2S. The highest BCUT2D eigenvalue weighted by Crippen LogP contribution is 2.20. The minimum atomic E-state index is -0.820. The molecule has 1 saturated heterocycles. The molecular weight excluding hydrogens is 326 g/mol. The molecule has 3 heterocycles. The molecule has 7 nitrogen and oxygen atoms in total. The zero-order chi connectivity index (χ0) is 17.2. The quantitative estimate of drug-likeness (QED) is 0.637. The second-order valence-corrected chi connectivity index (χ2v) is 7.08. The average molecular weight is 345 g/mol. The summed E-state index contributed by atoms with van der Waals surface area (Å²) in [5.41, 5.74) is 0.132. The van der Waals surface area contributed by atoms with E-state index in [4.69, 9.17) is 0 Å². The number of amides is 3. The number of hydrogen-bond donors (Lipinski definition) is 1. The Kier molecular flexibility index (Phi) is 4.57. The summed E-state index contributed by atoms with van der Waals surface area (Å²) in [6, 6.07) is 5.46. The topological polar surface area (TPSA) is 80.1 Å². The van der Waals surface area contributed by atoms with Crippen molar-refractivity contribution < 1.29 is 9.59 Å². The number of carbonyl (C=O) groups is 2. The lowest BCUT2D eigenvalue weighted by Crippen LogP contribution is -2.40. The van der Waals surface area contributed by atoms with Crippen LogP contribution in [0.25, 0.3) is 0 Å². The predicted molar refractivity (Wildman–Crippen MR) is 90.6 cm³/mol. The van der Waals surface area contributed by atoms with Crippen LogP contribution < -0.4 is 5.32 Å². The summed E-state index contributed by atoms with van der Waals surface area (Å²) >= 11 is 1.51. The highest BCUT2D eigenvalue weighted by atomic mass is 32.2. The smallest absolute Gasteiger partial charge is 0.324 e. The van der Waals surface area contributed by atoms with Gasteiger partial charge in [-0.25, -0.2) is 9.78 Å². The van der Waals surface area contributed by atoms with E-state index in [0.29, 0.717) is 18.8 Å². The van der Waals surface area contributed by atoms with Crippen LogP contribution in [0.5, 0.6) is 0 Å². The van der Waals surface area contributed by atoms with E-state index in [1.165, 1.54) is 16.7 Å². The number of nitrogens with one attached hydrogen (secondary N) is 1. The number of rotatable bonds is 6. The summed E-state index contributed by atoms with van der Waals surface area (Å²) in [6.45, 7) is 4.41. The number of carbonyl (C=O) groups excluding carboxylic acids is 2. The number of urea groups is 1. The SMILES string of the molecule is CC1(C)NC(=O)N(CCSc2nccn2Cc2ccccn2)C1=O. The maximum absolute atomic E-state index is 12.1. The van der Waals surface area contributed by atoms with E-state index in [1.807, 2.05) is 29.0 Å². The molecule has 24 heavy (non-hydrogen) atoms. The van der Waals surface area contributed by atoms with Crippen LogP contribution in [0.1, 0.15) is 19.5 Å². The Morgan fingerprint density at radius 1 is 1.21 bits per heavy atom. The van der Waals surface area contributed by atoms with Crippen LogP contribution in [0.2, 0.25) is 0 Å². The largest absolute Gasteiger partial charge is 0.325 e. The van der Waals surface area contributed by atoms with Gasteiger partial charge in [-0.15, -0.1) is 0 Å². The van der Waals surface area contributed by atoms with Gasteiger partial charge in [-0.1, -0.05) is 17.8 Å². The van der Waals surface area contributed by atoms with Crippen LogP contribution in [0, 0.1) is 0 Å². The Hall–Kier alpha value is -2.35. The van der Waals surface area contributed by atoms with Crippen molar-refractivity contribution >= 4 is 23.7 Å². The summed E-state index contributed by atoms with van der Waals surface area (Å²) in [5.74, 6) is 0.402.